The molecule has 0 aromatic heterocycles. The highest BCUT2D eigenvalue weighted by atomic mass is 79.9. The first-order chi connectivity index (χ1) is 8.58. The number of benzene rings is 2. The Hall–Kier alpha value is -1.26. The average Bonchev–Trinajstić information content (AvgIpc) is 2.34. The normalized spacial score (nSPS) is 10.3. The van der Waals surface area contributed by atoms with Crippen molar-refractivity contribution in [2.24, 2.45) is 0 Å². The molecule has 2 aromatic rings. The van der Waals surface area contributed by atoms with E-state index < -0.39 is 5.97 Å². The molecule has 18 heavy (non-hydrogen) atoms. The smallest absolute Gasteiger partial charge is 0.336 e. The van der Waals surface area contributed by atoms with Gasteiger partial charge in [0.1, 0.15) is 0 Å². The highest BCUT2D eigenvalue weighted by Crippen LogP contribution is 2.35. The van der Waals surface area contributed by atoms with E-state index in [0.29, 0.717) is 5.56 Å². The van der Waals surface area contributed by atoms with Gasteiger partial charge in [0, 0.05) is 14.3 Å². The molecule has 1 N–H and O–H groups in total. The third-order valence-corrected chi connectivity index (χ3v) is 4.53. The second-order valence-corrected chi connectivity index (χ2v) is 5.78. The van der Waals surface area contributed by atoms with Crippen molar-refractivity contribution in [2.45, 2.75) is 16.7 Å². The van der Waals surface area contributed by atoms with Crippen LogP contribution in [0.2, 0.25) is 0 Å². The van der Waals surface area contributed by atoms with Crippen molar-refractivity contribution in [2.75, 3.05) is 0 Å². The summed E-state index contributed by atoms with van der Waals surface area (Å²) in [6.45, 7) is 1.89. The van der Waals surface area contributed by atoms with E-state index in [-0.39, 0.29) is 0 Å². The van der Waals surface area contributed by atoms with Gasteiger partial charge in [-0.15, -0.1) is 0 Å². The highest BCUT2D eigenvalue weighted by Gasteiger charge is 2.12. The summed E-state index contributed by atoms with van der Waals surface area (Å²) < 4.78 is 0.965. The first-order valence-electron chi connectivity index (χ1n) is 5.34. The van der Waals surface area contributed by atoms with Gasteiger partial charge in [-0.25, -0.2) is 4.79 Å². The molecule has 4 heteroatoms. The standard InChI is InChI=1S/C14H11BrO2S/c1-9-6-7-12(10(8-9)14(16)17)18-13-5-3-2-4-11(13)15/h2-8H,1H3,(H,16,17). The fraction of sp³-hybridized carbons (Fsp3) is 0.0714. The predicted octanol–water partition coefficient (Wildman–Crippen LogP) is 4.61. The molecule has 0 fully saturated rings. The van der Waals surface area contributed by atoms with Crippen molar-refractivity contribution < 1.29 is 9.90 Å². The van der Waals surface area contributed by atoms with Crippen molar-refractivity contribution in [1.29, 1.82) is 0 Å². The van der Waals surface area contributed by atoms with Crippen LogP contribution in [-0.4, -0.2) is 11.1 Å². The van der Waals surface area contributed by atoms with Crippen molar-refractivity contribution >= 4 is 33.7 Å². The van der Waals surface area contributed by atoms with Crippen LogP contribution in [0, 0.1) is 6.92 Å². The number of carboxylic acid groups (broad SMARTS) is 1. The topological polar surface area (TPSA) is 37.3 Å². The van der Waals surface area contributed by atoms with Crippen molar-refractivity contribution in [1.82, 2.24) is 0 Å². The molecule has 0 saturated carbocycles. The molecule has 0 aliphatic rings. The van der Waals surface area contributed by atoms with Crippen LogP contribution < -0.4 is 0 Å². The van der Waals surface area contributed by atoms with Crippen LogP contribution in [0.1, 0.15) is 15.9 Å². The quantitative estimate of drug-likeness (QED) is 0.896. The Labute approximate surface area is 118 Å². The summed E-state index contributed by atoms with van der Waals surface area (Å²) in [7, 11) is 0. The molecule has 0 atom stereocenters. The first-order valence-corrected chi connectivity index (χ1v) is 6.95. The number of aromatic carboxylic acids is 1. The number of rotatable bonds is 3. The van der Waals surface area contributed by atoms with E-state index >= 15 is 0 Å². The molecule has 2 aromatic carbocycles. The molecular formula is C14H11BrO2S. The number of carboxylic acids is 1. The van der Waals surface area contributed by atoms with E-state index in [2.05, 4.69) is 15.9 Å². The van der Waals surface area contributed by atoms with E-state index in [1.165, 1.54) is 11.8 Å². The minimum absolute atomic E-state index is 0.343. The van der Waals surface area contributed by atoms with Gasteiger partial charge in [-0.3, -0.25) is 0 Å². The zero-order chi connectivity index (χ0) is 13.1. The SMILES string of the molecule is Cc1ccc(Sc2ccccc2Br)c(C(=O)O)c1. The minimum atomic E-state index is -0.895. The second kappa shape index (κ2) is 5.59. The van der Waals surface area contributed by atoms with E-state index in [0.717, 1.165) is 19.8 Å². The number of hydrogen-bond acceptors (Lipinski definition) is 2. The highest BCUT2D eigenvalue weighted by molar-refractivity contribution is 9.10. The second-order valence-electron chi connectivity index (χ2n) is 3.84. The van der Waals surface area contributed by atoms with Crippen molar-refractivity contribution in [3.63, 3.8) is 0 Å². The van der Waals surface area contributed by atoms with Gasteiger partial charge in [-0.2, -0.15) is 0 Å². The summed E-state index contributed by atoms with van der Waals surface area (Å²) in [4.78, 5) is 13.0. The van der Waals surface area contributed by atoms with Gasteiger partial charge in [0.15, 0.2) is 0 Å². The summed E-state index contributed by atoms with van der Waals surface area (Å²) in [5.41, 5.74) is 1.29. The monoisotopic (exact) mass is 322 g/mol. The molecule has 0 bridgehead atoms. The van der Waals surface area contributed by atoms with Gasteiger partial charge < -0.3 is 5.11 Å². The number of halogens is 1. The lowest BCUT2D eigenvalue weighted by Crippen LogP contribution is -1.99. The van der Waals surface area contributed by atoms with Gasteiger partial charge in [0.05, 0.1) is 5.56 Å². The summed E-state index contributed by atoms with van der Waals surface area (Å²) in [5.74, 6) is -0.895. The molecule has 0 aliphatic carbocycles. The number of hydrogen-bond donors (Lipinski definition) is 1. The van der Waals surface area contributed by atoms with Gasteiger partial charge in [0.25, 0.3) is 0 Å². The third-order valence-electron chi connectivity index (χ3n) is 2.42. The Bertz CT molecular complexity index is 596. The Balaban J connectivity index is 2.41. The molecule has 2 rings (SSSR count). The molecular weight excluding hydrogens is 312 g/mol. The molecule has 0 unspecified atom stereocenters. The molecule has 0 aliphatic heterocycles. The lowest BCUT2D eigenvalue weighted by Gasteiger charge is -2.08. The summed E-state index contributed by atoms with van der Waals surface area (Å²) in [5, 5.41) is 9.21. The fourth-order valence-electron chi connectivity index (χ4n) is 1.55. The van der Waals surface area contributed by atoms with Crippen LogP contribution in [0.5, 0.6) is 0 Å². The van der Waals surface area contributed by atoms with Gasteiger partial charge in [-0.1, -0.05) is 35.5 Å². The molecule has 0 saturated heterocycles. The van der Waals surface area contributed by atoms with Gasteiger partial charge >= 0.3 is 5.97 Å². The maximum absolute atomic E-state index is 11.2. The Morgan fingerprint density at radius 2 is 1.89 bits per heavy atom. The lowest BCUT2D eigenvalue weighted by molar-refractivity contribution is 0.0693. The van der Waals surface area contributed by atoms with Crippen LogP contribution in [0.3, 0.4) is 0 Å². The average molecular weight is 323 g/mol. The number of carbonyl (C=O) groups is 1. The van der Waals surface area contributed by atoms with E-state index in [1.54, 1.807) is 6.07 Å². The minimum Gasteiger partial charge on any atom is -0.478 e. The van der Waals surface area contributed by atoms with Crippen LogP contribution in [0.25, 0.3) is 0 Å². The van der Waals surface area contributed by atoms with Crippen molar-refractivity contribution in [3.05, 3.63) is 58.1 Å². The van der Waals surface area contributed by atoms with E-state index in [9.17, 15) is 9.90 Å². The van der Waals surface area contributed by atoms with Gasteiger partial charge in [-0.05, 0) is 47.1 Å². The molecule has 0 amide bonds. The molecule has 92 valence electrons. The predicted molar refractivity (Wildman–Crippen MR) is 76.4 cm³/mol. The number of aryl methyl sites for hydroxylation is 1. The Morgan fingerprint density at radius 3 is 2.56 bits per heavy atom. The fourth-order valence-corrected chi connectivity index (χ4v) is 3.01. The summed E-state index contributed by atoms with van der Waals surface area (Å²) in [6, 6.07) is 13.2. The van der Waals surface area contributed by atoms with E-state index in [4.69, 9.17) is 0 Å². The molecule has 0 spiro atoms. The Kier molecular flexibility index (Phi) is 4.09. The zero-order valence-corrected chi connectivity index (χ0v) is 12.1. The third kappa shape index (κ3) is 2.94. The largest absolute Gasteiger partial charge is 0.478 e. The maximum Gasteiger partial charge on any atom is 0.336 e. The molecule has 2 nitrogen and oxygen atoms in total. The Morgan fingerprint density at radius 1 is 1.17 bits per heavy atom. The molecule has 0 heterocycles. The van der Waals surface area contributed by atoms with Crippen LogP contribution >= 0.6 is 27.7 Å². The first kappa shape index (κ1) is 13.2. The summed E-state index contributed by atoms with van der Waals surface area (Å²) in [6.07, 6.45) is 0. The van der Waals surface area contributed by atoms with Crippen LogP contribution in [0.15, 0.2) is 56.7 Å². The lowest BCUT2D eigenvalue weighted by atomic mass is 10.1. The van der Waals surface area contributed by atoms with Crippen molar-refractivity contribution in [3.8, 4) is 0 Å². The zero-order valence-electron chi connectivity index (χ0n) is 9.68. The van der Waals surface area contributed by atoms with E-state index in [1.807, 2.05) is 43.3 Å². The maximum atomic E-state index is 11.2. The van der Waals surface area contributed by atoms with Gasteiger partial charge in [0.2, 0.25) is 0 Å². The van der Waals surface area contributed by atoms with Crippen LogP contribution in [-0.2, 0) is 0 Å². The summed E-state index contributed by atoms with van der Waals surface area (Å²) >= 11 is 4.91. The molecule has 0 radical (unpaired) electrons. The van der Waals surface area contributed by atoms with Crippen LogP contribution in [0.4, 0.5) is 0 Å².